The van der Waals surface area contributed by atoms with E-state index in [4.69, 9.17) is 4.74 Å². The molecule has 1 saturated heterocycles. The molecule has 1 fully saturated rings. The van der Waals surface area contributed by atoms with Crippen molar-refractivity contribution in [3.63, 3.8) is 0 Å². The van der Waals surface area contributed by atoms with Gasteiger partial charge in [0.2, 0.25) is 0 Å². The summed E-state index contributed by atoms with van der Waals surface area (Å²) < 4.78 is 4.96. The fourth-order valence-electron chi connectivity index (χ4n) is 2.94. The molecule has 1 N–H and O–H groups in total. The quantitative estimate of drug-likeness (QED) is 0.729. The highest BCUT2D eigenvalue weighted by atomic mass is 16.5. The number of rotatable bonds is 7. The smallest absolute Gasteiger partial charge is 0.323 e. The highest BCUT2D eigenvalue weighted by Gasteiger charge is 2.28. The average Bonchev–Trinajstić information content (AvgIpc) is 2.69. The third kappa shape index (κ3) is 5.41. The highest BCUT2D eigenvalue weighted by Crippen LogP contribution is 2.16. The molecular formula is C16H32N2O2. The third-order valence-electron chi connectivity index (χ3n) is 4.44. The van der Waals surface area contributed by atoms with E-state index in [2.05, 4.69) is 31.0 Å². The molecule has 118 valence electrons. The van der Waals surface area contributed by atoms with E-state index in [0.29, 0.717) is 12.0 Å². The maximum Gasteiger partial charge on any atom is 0.323 e. The number of carbonyl (C=O) groups is 1. The lowest BCUT2D eigenvalue weighted by Crippen LogP contribution is -2.48. The number of hydrogen-bond acceptors (Lipinski definition) is 4. The van der Waals surface area contributed by atoms with Crippen molar-refractivity contribution in [3.8, 4) is 0 Å². The molecule has 1 heterocycles. The summed E-state index contributed by atoms with van der Waals surface area (Å²) >= 11 is 0. The van der Waals surface area contributed by atoms with Crippen LogP contribution in [-0.2, 0) is 9.53 Å². The van der Waals surface area contributed by atoms with Gasteiger partial charge in [-0.3, -0.25) is 4.79 Å². The van der Waals surface area contributed by atoms with Gasteiger partial charge in [0.15, 0.2) is 0 Å². The molecule has 0 saturated carbocycles. The Hall–Kier alpha value is -0.610. The van der Waals surface area contributed by atoms with Gasteiger partial charge in [0, 0.05) is 6.04 Å². The molecule has 0 aliphatic carbocycles. The second-order valence-corrected chi connectivity index (χ2v) is 6.02. The number of ether oxygens (including phenoxy) is 1. The van der Waals surface area contributed by atoms with E-state index in [-0.39, 0.29) is 12.0 Å². The molecule has 20 heavy (non-hydrogen) atoms. The van der Waals surface area contributed by atoms with E-state index in [1.54, 1.807) is 0 Å². The first-order valence-corrected chi connectivity index (χ1v) is 8.18. The second-order valence-electron chi connectivity index (χ2n) is 6.02. The Morgan fingerprint density at radius 3 is 2.70 bits per heavy atom. The van der Waals surface area contributed by atoms with E-state index >= 15 is 0 Å². The summed E-state index contributed by atoms with van der Waals surface area (Å²) in [6, 6.07) is 0.280. The molecule has 4 nitrogen and oxygen atoms in total. The molecule has 1 aliphatic rings. The number of methoxy groups -OCH3 is 1. The maximum absolute atomic E-state index is 11.9. The zero-order chi connectivity index (χ0) is 15.0. The lowest BCUT2D eigenvalue weighted by molar-refractivity contribution is -0.144. The molecule has 1 aliphatic heterocycles. The Labute approximate surface area is 124 Å². The van der Waals surface area contributed by atoms with Crippen LogP contribution in [0.3, 0.4) is 0 Å². The fourth-order valence-corrected chi connectivity index (χ4v) is 2.94. The number of likely N-dealkylation sites (tertiary alicyclic amines) is 1. The Morgan fingerprint density at radius 1 is 1.35 bits per heavy atom. The predicted molar refractivity (Wildman–Crippen MR) is 82.8 cm³/mol. The highest BCUT2D eigenvalue weighted by molar-refractivity contribution is 5.76. The van der Waals surface area contributed by atoms with Gasteiger partial charge in [-0.1, -0.05) is 27.2 Å². The van der Waals surface area contributed by atoms with Gasteiger partial charge in [0.05, 0.1) is 7.11 Å². The maximum atomic E-state index is 11.9. The molecule has 0 amide bonds. The molecular weight excluding hydrogens is 252 g/mol. The second kappa shape index (κ2) is 9.35. The Balaban J connectivity index is 2.53. The molecule has 0 radical (unpaired) electrons. The first-order chi connectivity index (χ1) is 9.62. The number of nitrogens with zero attached hydrogens (tertiary/aromatic N) is 1. The SMILES string of the molecule is CCCN1CCCC(NC(C(=O)OC)C(C)CC)CC1. The van der Waals surface area contributed by atoms with Crippen LogP contribution in [0.4, 0.5) is 0 Å². The van der Waals surface area contributed by atoms with Gasteiger partial charge in [-0.25, -0.2) is 0 Å². The van der Waals surface area contributed by atoms with Gasteiger partial charge in [-0.05, 0) is 51.2 Å². The first kappa shape index (κ1) is 17.4. The molecule has 0 aromatic rings. The van der Waals surface area contributed by atoms with Crippen LogP contribution < -0.4 is 5.32 Å². The van der Waals surface area contributed by atoms with Crippen LogP contribution in [0.15, 0.2) is 0 Å². The average molecular weight is 284 g/mol. The van der Waals surface area contributed by atoms with Crippen LogP contribution in [0.1, 0.15) is 52.9 Å². The summed E-state index contributed by atoms with van der Waals surface area (Å²) in [5.41, 5.74) is 0. The summed E-state index contributed by atoms with van der Waals surface area (Å²) in [6.45, 7) is 10.0. The lowest BCUT2D eigenvalue weighted by atomic mass is 9.97. The third-order valence-corrected chi connectivity index (χ3v) is 4.44. The monoisotopic (exact) mass is 284 g/mol. The zero-order valence-corrected chi connectivity index (χ0v) is 13.7. The van der Waals surface area contributed by atoms with E-state index in [9.17, 15) is 4.79 Å². The zero-order valence-electron chi connectivity index (χ0n) is 13.7. The van der Waals surface area contributed by atoms with Crippen LogP contribution in [0.2, 0.25) is 0 Å². The normalized spacial score (nSPS) is 23.9. The summed E-state index contributed by atoms with van der Waals surface area (Å²) in [5.74, 6) is 0.200. The van der Waals surface area contributed by atoms with Gasteiger partial charge in [-0.15, -0.1) is 0 Å². The Morgan fingerprint density at radius 2 is 2.10 bits per heavy atom. The molecule has 3 atom stereocenters. The van der Waals surface area contributed by atoms with Gasteiger partial charge in [0.25, 0.3) is 0 Å². The van der Waals surface area contributed by atoms with Gasteiger partial charge < -0.3 is 15.0 Å². The van der Waals surface area contributed by atoms with Crippen LogP contribution >= 0.6 is 0 Å². The molecule has 4 heteroatoms. The van der Waals surface area contributed by atoms with Crippen molar-refractivity contribution in [2.45, 2.75) is 65.0 Å². The van der Waals surface area contributed by atoms with E-state index in [1.165, 1.54) is 33.0 Å². The minimum atomic E-state index is -0.160. The summed E-state index contributed by atoms with van der Waals surface area (Å²) in [4.78, 5) is 14.5. The number of esters is 1. The number of hydrogen-bond donors (Lipinski definition) is 1. The molecule has 3 unspecified atom stereocenters. The molecule has 0 bridgehead atoms. The summed E-state index contributed by atoms with van der Waals surface area (Å²) in [5, 5.41) is 3.56. The van der Waals surface area contributed by atoms with Crippen molar-refractivity contribution < 1.29 is 9.53 Å². The summed E-state index contributed by atoms with van der Waals surface area (Å²) in [6.07, 6.45) is 5.71. The Kier molecular flexibility index (Phi) is 8.15. The van der Waals surface area contributed by atoms with E-state index in [1.807, 2.05) is 0 Å². The van der Waals surface area contributed by atoms with Crippen molar-refractivity contribution in [1.82, 2.24) is 10.2 Å². The summed E-state index contributed by atoms with van der Waals surface area (Å²) in [7, 11) is 1.48. The Bertz CT molecular complexity index is 284. The number of carbonyl (C=O) groups excluding carboxylic acids is 1. The topological polar surface area (TPSA) is 41.6 Å². The lowest BCUT2D eigenvalue weighted by Gasteiger charge is -2.27. The van der Waals surface area contributed by atoms with E-state index < -0.39 is 0 Å². The van der Waals surface area contributed by atoms with Crippen molar-refractivity contribution in [1.29, 1.82) is 0 Å². The van der Waals surface area contributed by atoms with Crippen LogP contribution in [0.25, 0.3) is 0 Å². The minimum Gasteiger partial charge on any atom is -0.468 e. The van der Waals surface area contributed by atoms with E-state index in [0.717, 1.165) is 25.8 Å². The minimum absolute atomic E-state index is 0.117. The molecule has 1 rings (SSSR count). The molecule has 0 aromatic carbocycles. The van der Waals surface area contributed by atoms with Crippen LogP contribution in [0.5, 0.6) is 0 Å². The van der Waals surface area contributed by atoms with Crippen molar-refractivity contribution >= 4 is 5.97 Å². The predicted octanol–water partition coefficient (Wildman–Crippen LogP) is 2.43. The van der Waals surface area contributed by atoms with Crippen LogP contribution in [0, 0.1) is 5.92 Å². The fraction of sp³-hybridized carbons (Fsp3) is 0.938. The van der Waals surface area contributed by atoms with Crippen molar-refractivity contribution in [3.05, 3.63) is 0 Å². The van der Waals surface area contributed by atoms with Gasteiger partial charge in [-0.2, -0.15) is 0 Å². The molecule has 0 spiro atoms. The van der Waals surface area contributed by atoms with Crippen molar-refractivity contribution in [2.75, 3.05) is 26.7 Å². The van der Waals surface area contributed by atoms with Crippen molar-refractivity contribution in [2.24, 2.45) is 5.92 Å². The van der Waals surface area contributed by atoms with Gasteiger partial charge in [0.1, 0.15) is 6.04 Å². The first-order valence-electron chi connectivity index (χ1n) is 8.18. The standard InChI is InChI=1S/C16H32N2O2/c1-5-10-18-11-7-8-14(9-12-18)17-15(13(3)6-2)16(19)20-4/h13-15,17H,5-12H2,1-4H3. The van der Waals surface area contributed by atoms with Gasteiger partial charge >= 0.3 is 5.97 Å². The van der Waals surface area contributed by atoms with Crippen LogP contribution in [-0.4, -0.2) is 49.7 Å². The largest absolute Gasteiger partial charge is 0.468 e. The molecule has 0 aromatic heterocycles. The number of nitrogens with one attached hydrogen (secondary N) is 1.